The van der Waals surface area contributed by atoms with Gasteiger partial charge < -0.3 is 16.5 Å². The van der Waals surface area contributed by atoms with Gasteiger partial charge in [0.2, 0.25) is 5.95 Å². The molecule has 7 nitrogen and oxygen atoms in total. The Morgan fingerprint density at radius 3 is 2.70 bits per heavy atom. The highest BCUT2D eigenvalue weighted by atomic mass is 32.2. The van der Waals surface area contributed by atoms with Gasteiger partial charge in [-0.1, -0.05) is 18.2 Å². The van der Waals surface area contributed by atoms with Crippen LogP contribution in [0.25, 0.3) is 10.9 Å². The fourth-order valence-corrected chi connectivity index (χ4v) is 2.64. The van der Waals surface area contributed by atoms with Crippen molar-refractivity contribution < 1.29 is 0 Å². The Labute approximate surface area is 117 Å². The standard InChI is InChI=1S/C12H10N6OS/c13-8-5-9(19)17-12(16-8)20-10-6-3-1-2-4-7(6)15-11(14)18-10/h1-5H,(H2,14,15,18)(H3,13,16,17,19). The maximum Gasteiger partial charge on any atom is 0.253 e. The lowest BCUT2D eigenvalue weighted by Crippen LogP contribution is -2.09. The molecule has 0 aliphatic rings. The normalized spacial score (nSPS) is 10.8. The molecule has 2 aromatic heterocycles. The zero-order valence-corrected chi connectivity index (χ0v) is 11.0. The second-order valence-electron chi connectivity index (χ2n) is 3.98. The number of fused-ring (bicyclic) bond motifs is 1. The predicted molar refractivity (Wildman–Crippen MR) is 77.3 cm³/mol. The van der Waals surface area contributed by atoms with Crippen molar-refractivity contribution >= 4 is 34.4 Å². The minimum absolute atomic E-state index is 0.155. The molecule has 0 unspecified atom stereocenters. The van der Waals surface area contributed by atoms with Gasteiger partial charge in [-0.25, -0.2) is 15.0 Å². The van der Waals surface area contributed by atoms with Crippen LogP contribution in [0.5, 0.6) is 0 Å². The van der Waals surface area contributed by atoms with E-state index in [2.05, 4.69) is 19.9 Å². The molecule has 0 radical (unpaired) electrons. The minimum Gasteiger partial charge on any atom is -0.383 e. The van der Waals surface area contributed by atoms with E-state index in [0.717, 1.165) is 10.9 Å². The van der Waals surface area contributed by atoms with E-state index < -0.39 is 0 Å². The number of H-pyrrole nitrogens is 1. The van der Waals surface area contributed by atoms with E-state index in [-0.39, 0.29) is 17.3 Å². The summed E-state index contributed by atoms with van der Waals surface area (Å²) in [6.45, 7) is 0. The maximum absolute atomic E-state index is 11.4. The van der Waals surface area contributed by atoms with Gasteiger partial charge in [-0.3, -0.25) is 4.79 Å². The van der Waals surface area contributed by atoms with Crippen molar-refractivity contribution in [1.29, 1.82) is 0 Å². The number of hydrogen-bond donors (Lipinski definition) is 3. The first kappa shape index (κ1) is 12.4. The van der Waals surface area contributed by atoms with Crippen molar-refractivity contribution in [3.63, 3.8) is 0 Å². The molecule has 2 heterocycles. The number of nitrogens with zero attached hydrogens (tertiary/aromatic N) is 3. The van der Waals surface area contributed by atoms with E-state index in [4.69, 9.17) is 11.5 Å². The average Bonchev–Trinajstić information content (AvgIpc) is 2.37. The summed E-state index contributed by atoms with van der Waals surface area (Å²) in [5.41, 5.74) is 11.7. The molecule has 20 heavy (non-hydrogen) atoms. The lowest BCUT2D eigenvalue weighted by molar-refractivity contribution is 0.941. The number of nitrogen functional groups attached to an aromatic ring is 2. The third-order valence-electron chi connectivity index (χ3n) is 2.52. The molecule has 5 N–H and O–H groups in total. The number of hydrogen-bond acceptors (Lipinski definition) is 7. The smallest absolute Gasteiger partial charge is 0.253 e. The predicted octanol–water partition coefficient (Wildman–Crippen LogP) is 1.03. The first-order chi connectivity index (χ1) is 9.61. The number of aromatic nitrogens is 4. The molecule has 0 saturated heterocycles. The zero-order chi connectivity index (χ0) is 14.1. The van der Waals surface area contributed by atoms with Crippen LogP contribution in [0.1, 0.15) is 0 Å². The van der Waals surface area contributed by atoms with Crippen molar-refractivity contribution in [3.05, 3.63) is 40.7 Å². The van der Waals surface area contributed by atoms with Crippen molar-refractivity contribution in [2.75, 3.05) is 11.5 Å². The molecule has 0 aliphatic heterocycles. The summed E-state index contributed by atoms with van der Waals surface area (Å²) in [6, 6.07) is 8.68. The zero-order valence-electron chi connectivity index (χ0n) is 10.2. The molecule has 0 bridgehead atoms. The van der Waals surface area contributed by atoms with Crippen molar-refractivity contribution in [3.8, 4) is 0 Å². The first-order valence-corrected chi connectivity index (χ1v) is 6.50. The second-order valence-corrected chi connectivity index (χ2v) is 4.96. The van der Waals surface area contributed by atoms with Gasteiger partial charge in [0.25, 0.3) is 5.56 Å². The van der Waals surface area contributed by atoms with E-state index in [1.165, 1.54) is 17.8 Å². The van der Waals surface area contributed by atoms with Crippen LogP contribution in [-0.4, -0.2) is 19.9 Å². The number of rotatable bonds is 2. The lowest BCUT2D eigenvalue weighted by Gasteiger charge is -2.05. The highest BCUT2D eigenvalue weighted by Gasteiger charge is 2.09. The van der Waals surface area contributed by atoms with Gasteiger partial charge in [-0.05, 0) is 17.8 Å². The number of nitrogens with two attached hydrogens (primary N) is 2. The van der Waals surface area contributed by atoms with Crippen LogP contribution in [0.15, 0.2) is 45.3 Å². The number of benzene rings is 1. The van der Waals surface area contributed by atoms with Crippen LogP contribution in [0.4, 0.5) is 11.8 Å². The van der Waals surface area contributed by atoms with Gasteiger partial charge in [0, 0.05) is 11.5 Å². The Hall–Kier alpha value is -2.61. The summed E-state index contributed by atoms with van der Waals surface area (Å²) in [5.74, 6) is 0.319. The summed E-state index contributed by atoms with van der Waals surface area (Å²) in [6.07, 6.45) is 0. The SMILES string of the molecule is Nc1cc(=O)[nH]c(Sc2nc(N)nc3ccccc23)n1. The first-order valence-electron chi connectivity index (χ1n) is 5.69. The largest absolute Gasteiger partial charge is 0.383 e. The molecule has 0 fully saturated rings. The van der Waals surface area contributed by atoms with Crippen LogP contribution in [0.2, 0.25) is 0 Å². The Morgan fingerprint density at radius 1 is 1.10 bits per heavy atom. The van der Waals surface area contributed by atoms with Gasteiger partial charge in [0.05, 0.1) is 5.52 Å². The Kier molecular flexibility index (Phi) is 2.99. The summed E-state index contributed by atoms with van der Waals surface area (Å²) in [4.78, 5) is 26.4. The summed E-state index contributed by atoms with van der Waals surface area (Å²) >= 11 is 1.18. The van der Waals surface area contributed by atoms with Crippen LogP contribution >= 0.6 is 11.8 Å². The molecule has 0 amide bonds. The monoisotopic (exact) mass is 286 g/mol. The Morgan fingerprint density at radius 2 is 1.90 bits per heavy atom. The Bertz CT molecular complexity index is 847. The van der Waals surface area contributed by atoms with E-state index in [1.807, 2.05) is 24.3 Å². The summed E-state index contributed by atoms with van der Waals surface area (Å²) in [5, 5.41) is 1.80. The van der Waals surface area contributed by atoms with Crippen LogP contribution in [0, 0.1) is 0 Å². The average molecular weight is 286 g/mol. The third kappa shape index (κ3) is 2.41. The van der Waals surface area contributed by atoms with Gasteiger partial charge in [-0.15, -0.1) is 0 Å². The van der Waals surface area contributed by atoms with Gasteiger partial charge in [0.1, 0.15) is 10.8 Å². The molecule has 0 saturated carbocycles. The molecule has 1 aromatic carbocycles. The number of anilines is 2. The minimum atomic E-state index is -0.314. The van der Waals surface area contributed by atoms with E-state index in [0.29, 0.717) is 10.2 Å². The third-order valence-corrected chi connectivity index (χ3v) is 3.41. The van der Waals surface area contributed by atoms with E-state index in [1.54, 1.807) is 0 Å². The molecule has 0 atom stereocenters. The Balaban J connectivity index is 2.12. The maximum atomic E-state index is 11.4. The number of para-hydroxylation sites is 1. The van der Waals surface area contributed by atoms with Crippen LogP contribution in [-0.2, 0) is 0 Å². The fraction of sp³-hybridized carbons (Fsp3) is 0. The van der Waals surface area contributed by atoms with E-state index in [9.17, 15) is 4.79 Å². The van der Waals surface area contributed by atoms with Crippen LogP contribution in [0.3, 0.4) is 0 Å². The molecule has 0 aliphatic carbocycles. The lowest BCUT2D eigenvalue weighted by atomic mass is 10.2. The molecule has 3 aromatic rings. The highest BCUT2D eigenvalue weighted by Crippen LogP contribution is 2.29. The molecular weight excluding hydrogens is 276 g/mol. The fourth-order valence-electron chi connectivity index (χ4n) is 1.74. The topological polar surface area (TPSA) is 124 Å². The summed E-state index contributed by atoms with van der Waals surface area (Å²) in [7, 11) is 0. The van der Waals surface area contributed by atoms with Gasteiger partial charge in [-0.2, -0.15) is 0 Å². The highest BCUT2D eigenvalue weighted by molar-refractivity contribution is 7.99. The molecule has 8 heteroatoms. The van der Waals surface area contributed by atoms with E-state index >= 15 is 0 Å². The molecule has 0 spiro atoms. The molecule has 100 valence electrons. The van der Waals surface area contributed by atoms with Gasteiger partial charge >= 0.3 is 0 Å². The van der Waals surface area contributed by atoms with Crippen LogP contribution < -0.4 is 17.0 Å². The van der Waals surface area contributed by atoms with Crippen molar-refractivity contribution in [2.24, 2.45) is 0 Å². The number of nitrogens with one attached hydrogen (secondary N) is 1. The molecular formula is C12H10N6OS. The number of aromatic amines is 1. The van der Waals surface area contributed by atoms with Crippen molar-refractivity contribution in [2.45, 2.75) is 10.2 Å². The van der Waals surface area contributed by atoms with Gasteiger partial charge in [0.15, 0.2) is 5.16 Å². The van der Waals surface area contributed by atoms with Crippen molar-refractivity contribution in [1.82, 2.24) is 19.9 Å². The molecule has 3 rings (SSSR count). The second kappa shape index (κ2) is 4.82. The summed E-state index contributed by atoms with van der Waals surface area (Å²) < 4.78 is 0. The quantitative estimate of drug-likeness (QED) is 0.474.